The molecule has 3 nitrogen and oxygen atoms in total. The van der Waals surface area contributed by atoms with Gasteiger partial charge in [0.2, 0.25) is 0 Å². The molecule has 2 aromatic rings. The van der Waals surface area contributed by atoms with E-state index in [1.54, 1.807) is 18.3 Å². The van der Waals surface area contributed by atoms with E-state index in [9.17, 15) is 4.39 Å². The fourth-order valence-corrected chi connectivity index (χ4v) is 2.01. The molecule has 100 valence electrons. The van der Waals surface area contributed by atoms with Gasteiger partial charge in [0.25, 0.3) is 0 Å². The first-order chi connectivity index (χ1) is 9.24. The predicted molar refractivity (Wildman–Crippen MR) is 72.7 cm³/mol. The van der Waals surface area contributed by atoms with Crippen LogP contribution in [-0.4, -0.2) is 19.1 Å². The lowest BCUT2D eigenvalue weighted by molar-refractivity contribution is 0.385. The van der Waals surface area contributed by atoms with Crippen LogP contribution in [0.15, 0.2) is 42.6 Å². The third-order valence-electron chi connectivity index (χ3n) is 3.07. The Balaban J connectivity index is 2.22. The minimum absolute atomic E-state index is 0.0735. The van der Waals surface area contributed by atoms with Crippen molar-refractivity contribution in [2.45, 2.75) is 12.5 Å². The van der Waals surface area contributed by atoms with Crippen molar-refractivity contribution in [2.75, 3.05) is 14.2 Å². The smallest absolute Gasteiger partial charge is 0.165 e. The van der Waals surface area contributed by atoms with Crippen LogP contribution in [0.2, 0.25) is 0 Å². The second-order valence-corrected chi connectivity index (χ2v) is 4.26. The van der Waals surface area contributed by atoms with E-state index in [0.717, 1.165) is 17.7 Å². The number of aromatic nitrogens is 1. The van der Waals surface area contributed by atoms with Gasteiger partial charge in [-0.25, -0.2) is 4.39 Å². The van der Waals surface area contributed by atoms with E-state index in [1.165, 1.54) is 13.2 Å². The van der Waals surface area contributed by atoms with Gasteiger partial charge in [-0.2, -0.15) is 0 Å². The number of nitrogens with one attached hydrogen (secondary N) is 1. The average molecular weight is 260 g/mol. The Labute approximate surface area is 112 Å². The Morgan fingerprint density at radius 2 is 2.16 bits per heavy atom. The van der Waals surface area contributed by atoms with Crippen molar-refractivity contribution >= 4 is 0 Å². The van der Waals surface area contributed by atoms with Gasteiger partial charge in [0, 0.05) is 24.4 Å². The normalized spacial score (nSPS) is 12.2. The predicted octanol–water partition coefficient (Wildman–Crippen LogP) is 2.73. The average Bonchev–Trinajstić information content (AvgIpc) is 2.46. The molecule has 1 N–H and O–H groups in total. The number of pyridine rings is 1. The molecule has 1 heterocycles. The number of hydrogen-bond donors (Lipinski definition) is 1. The molecular weight excluding hydrogens is 243 g/mol. The number of nitrogens with zero attached hydrogens (tertiary/aromatic N) is 1. The number of rotatable bonds is 5. The Bertz CT molecular complexity index is 531. The highest BCUT2D eigenvalue weighted by molar-refractivity contribution is 5.32. The summed E-state index contributed by atoms with van der Waals surface area (Å²) in [5.74, 6) is -0.0855. The molecule has 0 aliphatic rings. The molecule has 0 aliphatic heterocycles. The zero-order valence-electron chi connectivity index (χ0n) is 11.1. The number of benzene rings is 1. The first-order valence-corrected chi connectivity index (χ1v) is 6.15. The summed E-state index contributed by atoms with van der Waals surface area (Å²) in [4.78, 5) is 4.31. The molecule has 0 saturated heterocycles. The lowest BCUT2D eigenvalue weighted by Crippen LogP contribution is -2.19. The number of ether oxygens (including phenoxy) is 1. The highest BCUT2D eigenvalue weighted by Gasteiger charge is 2.13. The summed E-state index contributed by atoms with van der Waals surface area (Å²) >= 11 is 0. The van der Waals surface area contributed by atoms with Crippen LogP contribution in [0.1, 0.15) is 17.3 Å². The van der Waals surface area contributed by atoms with E-state index in [2.05, 4.69) is 10.3 Å². The molecule has 0 bridgehead atoms. The molecular formula is C15H17FN2O. The van der Waals surface area contributed by atoms with Crippen LogP contribution in [0.4, 0.5) is 4.39 Å². The Kier molecular flexibility index (Phi) is 4.47. The summed E-state index contributed by atoms with van der Waals surface area (Å²) in [7, 11) is 3.35. The second-order valence-electron chi connectivity index (χ2n) is 4.26. The third-order valence-corrected chi connectivity index (χ3v) is 3.07. The lowest BCUT2D eigenvalue weighted by atomic mass is 10.0. The van der Waals surface area contributed by atoms with Crippen LogP contribution >= 0.6 is 0 Å². The van der Waals surface area contributed by atoms with Crippen LogP contribution in [0.25, 0.3) is 0 Å². The maximum atomic E-state index is 13.4. The third kappa shape index (κ3) is 3.29. The summed E-state index contributed by atoms with van der Waals surface area (Å²) in [6.45, 7) is 0. The van der Waals surface area contributed by atoms with E-state index in [4.69, 9.17) is 4.74 Å². The van der Waals surface area contributed by atoms with Crippen molar-refractivity contribution < 1.29 is 9.13 Å². The Morgan fingerprint density at radius 3 is 2.79 bits per heavy atom. The molecule has 0 radical (unpaired) electrons. The summed E-state index contributed by atoms with van der Waals surface area (Å²) in [6.07, 6.45) is 2.51. The van der Waals surface area contributed by atoms with E-state index in [0.29, 0.717) is 0 Å². The lowest BCUT2D eigenvalue weighted by Gasteiger charge is -2.17. The summed E-state index contributed by atoms with van der Waals surface area (Å²) in [5.41, 5.74) is 1.97. The zero-order chi connectivity index (χ0) is 13.7. The topological polar surface area (TPSA) is 34.2 Å². The first-order valence-electron chi connectivity index (χ1n) is 6.15. The number of likely N-dealkylation sites (N-methyl/N-ethyl adjacent to an activating group) is 1. The quantitative estimate of drug-likeness (QED) is 0.897. The monoisotopic (exact) mass is 260 g/mol. The molecule has 1 atom stereocenters. The number of methoxy groups -OCH3 is 1. The van der Waals surface area contributed by atoms with Crippen molar-refractivity contribution in [3.05, 3.63) is 59.7 Å². The van der Waals surface area contributed by atoms with Gasteiger partial charge in [-0.05, 0) is 36.9 Å². The van der Waals surface area contributed by atoms with E-state index in [-0.39, 0.29) is 17.6 Å². The highest BCUT2D eigenvalue weighted by atomic mass is 19.1. The van der Waals surface area contributed by atoms with Gasteiger partial charge in [0.1, 0.15) is 0 Å². The molecule has 19 heavy (non-hydrogen) atoms. The molecule has 0 amide bonds. The molecule has 0 aliphatic carbocycles. The van der Waals surface area contributed by atoms with Crippen LogP contribution in [0.5, 0.6) is 5.75 Å². The van der Waals surface area contributed by atoms with Crippen LogP contribution in [-0.2, 0) is 6.42 Å². The van der Waals surface area contributed by atoms with Crippen LogP contribution < -0.4 is 10.1 Å². The second kappa shape index (κ2) is 6.29. The highest BCUT2D eigenvalue weighted by Crippen LogP contribution is 2.24. The molecule has 0 fully saturated rings. The molecule has 1 unspecified atom stereocenters. The summed E-state index contributed by atoms with van der Waals surface area (Å²) in [6, 6.07) is 10.8. The molecule has 0 saturated carbocycles. The molecule has 2 rings (SSSR count). The van der Waals surface area contributed by atoms with Crippen LogP contribution in [0, 0.1) is 5.82 Å². The minimum Gasteiger partial charge on any atom is -0.494 e. The fourth-order valence-electron chi connectivity index (χ4n) is 2.01. The Hall–Kier alpha value is -1.94. The molecule has 1 aromatic carbocycles. The number of halogens is 1. The maximum Gasteiger partial charge on any atom is 0.165 e. The van der Waals surface area contributed by atoms with E-state index >= 15 is 0 Å². The Morgan fingerprint density at radius 1 is 1.32 bits per heavy atom. The van der Waals surface area contributed by atoms with Gasteiger partial charge in [-0.1, -0.05) is 12.1 Å². The van der Waals surface area contributed by atoms with Crippen molar-refractivity contribution in [2.24, 2.45) is 0 Å². The van der Waals surface area contributed by atoms with Gasteiger partial charge < -0.3 is 10.1 Å². The molecule has 1 aromatic heterocycles. The largest absolute Gasteiger partial charge is 0.494 e. The maximum absolute atomic E-state index is 13.4. The summed E-state index contributed by atoms with van der Waals surface area (Å²) < 4.78 is 18.4. The van der Waals surface area contributed by atoms with Crippen molar-refractivity contribution in [1.29, 1.82) is 0 Å². The van der Waals surface area contributed by atoms with Gasteiger partial charge in [-0.15, -0.1) is 0 Å². The van der Waals surface area contributed by atoms with E-state index < -0.39 is 0 Å². The molecule has 4 heteroatoms. The minimum atomic E-state index is -0.348. The van der Waals surface area contributed by atoms with Crippen LogP contribution in [0.3, 0.4) is 0 Å². The van der Waals surface area contributed by atoms with Crippen molar-refractivity contribution in [3.63, 3.8) is 0 Å². The van der Waals surface area contributed by atoms with Crippen molar-refractivity contribution in [1.82, 2.24) is 10.3 Å². The SMILES string of the molecule is CNC(Cc1ccccn1)c1ccc(F)c(OC)c1. The van der Waals surface area contributed by atoms with Gasteiger partial charge >= 0.3 is 0 Å². The van der Waals surface area contributed by atoms with Crippen molar-refractivity contribution in [3.8, 4) is 5.75 Å². The van der Waals surface area contributed by atoms with Gasteiger partial charge in [0.05, 0.1) is 7.11 Å². The first kappa shape index (κ1) is 13.5. The molecule has 0 spiro atoms. The zero-order valence-corrected chi connectivity index (χ0v) is 11.1. The van der Waals surface area contributed by atoms with E-state index in [1.807, 2.05) is 25.2 Å². The number of hydrogen-bond acceptors (Lipinski definition) is 3. The summed E-state index contributed by atoms with van der Waals surface area (Å²) in [5, 5.41) is 3.22. The fraction of sp³-hybridized carbons (Fsp3) is 0.267. The van der Waals surface area contributed by atoms with Gasteiger partial charge in [0.15, 0.2) is 11.6 Å². The van der Waals surface area contributed by atoms with Gasteiger partial charge in [-0.3, -0.25) is 4.98 Å². The standard InChI is InChI=1S/C15H17FN2O/c1-17-14(10-12-5-3-4-8-18-12)11-6-7-13(16)15(9-11)19-2/h3-9,14,17H,10H2,1-2H3.